The number of esters is 1. The van der Waals surface area contributed by atoms with Gasteiger partial charge in [0.05, 0.1) is 17.1 Å². The first-order valence-corrected chi connectivity index (χ1v) is 11.5. The fourth-order valence-corrected chi connectivity index (χ4v) is 4.73. The van der Waals surface area contributed by atoms with Crippen molar-refractivity contribution in [1.29, 1.82) is 0 Å². The maximum atomic E-state index is 13.1. The number of hydrogen-bond acceptors (Lipinski definition) is 7. The first-order valence-electron chi connectivity index (χ1n) is 10.3. The molecule has 1 aliphatic heterocycles. The van der Waals surface area contributed by atoms with E-state index >= 15 is 0 Å². The predicted octanol–water partition coefficient (Wildman–Crippen LogP) is 5.15. The molecule has 0 spiro atoms. The van der Waals surface area contributed by atoms with Crippen LogP contribution < -0.4 is 0 Å². The Morgan fingerprint density at radius 2 is 1.82 bits per heavy atom. The Morgan fingerprint density at radius 3 is 2.47 bits per heavy atom. The number of rotatable bonds is 7. The maximum absolute atomic E-state index is 13.1. The Bertz CT molecular complexity index is 1280. The highest BCUT2D eigenvalue weighted by atomic mass is 32.2. The third-order valence-corrected chi connectivity index (χ3v) is 6.34. The molecule has 1 aromatic heterocycles. The Morgan fingerprint density at radius 1 is 1.12 bits per heavy atom. The van der Waals surface area contributed by atoms with Crippen LogP contribution in [-0.4, -0.2) is 38.8 Å². The van der Waals surface area contributed by atoms with Crippen molar-refractivity contribution < 1.29 is 28.6 Å². The lowest BCUT2D eigenvalue weighted by molar-refractivity contribution is -0.145. The molecule has 9 heteroatoms. The standard InChI is InChI=1S/C25H19NO6S2/c1-2-31-24(30)17-10-8-15(9-11-17)19-13-12-18(32-19)14-20-22(27)26(25(33)34-20)21(23(28)29)16-6-4-3-5-7-16/h3-14,21H,2H2,1H3,(H,28,29)/b20-14+/t21-/m1/s1. The van der Waals surface area contributed by atoms with Gasteiger partial charge in [-0.25, -0.2) is 9.59 Å². The Balaban J connectivity index is 1.55. The molecule has 0 unspecified atom stereocenters. The SMILES string of the molecule is CCOC(=O)c1ccc(-c2ccc(/C=C3/SC(=S)N([C@@H](C(=O)O)c4ccccc4)C3=O)o2)cc1. The number of amides is 1. The van der Waals surface area contributed by atoms with Crippen LogP contribution in [0, 0.1) is 0 Å². The molecule has 7 nitrogen and oxygen atoms in total. The number of benzene rings is 2. The number of aliphatic carboxylic acids is 1. The van der Waals surface area contributed by atoms with Crippen LogP contribution in [0.2, 0.25) is 0 Å². The van der Waals surface area contributed by atoms with Crippen molar-refractivity contribution >= 4 is 52.2 Å². The van der Waals surface area contributed by atoms with Crippen molar-refractivity contribution in [2.45, 2.75) is 13.0 Å². The molecule has 1 amide bonds. The summed E-state index contributed by atoms with van der Waals surface area (Å²) >= 11 is 6.36. The summed E-state index contributed by atoms with van der Waals surface area (Å²) in [7, 11) is 0. The summed E-state index contributed by atoms with van der Waals surface area (Å²) in [5.74, 6) is -1.11. The average molecular weight is 494 g/mol. The zero-order valence-electron chi connectivity index (χ0n) is 18.0. The first kappa shape index (κ1) is 23.5. The van der Waals surface area contributed by atoms with Crippen LogP contribution in [0.3, 0.4) is 0 Å². The number of carboxylic acid groups (broad SMARTS) is 1. The molecule has 2 aromatic carbocycles. The molecule has 1 saturated heterocycles. The fraction of sp³-hybridized carbons (Fsp3) is 0.120. The highest BCUT2D eigenvalue weighted by Crippen LogP contribution is 2.38. The number of furan rings is 1. The zero-order valence-corrected chi connectivity index (χ0v) is 19.6. The van der Waals surface area contributed by atoms with Gasteiger partial charge < -0.3 is 14.3 Å². The van der Waals surface area contributed by atoms with E-state index in [1.165, 1.54) is 0 Å². The van der Waals surface area contributed by atoms with Gasteiger partial charge in [0.25, 0.3) is 5.91 Å². The lowest BCUT2D eigenvalue weighted by atomic mass is 10.1. The van der Waals surface area contributed by atoms with Gasteiger partial charge in [-0.2, -0.15) is 0 Å². The Kier molecular flexibility index (Phi) is 6.95. The zero-order chi connectivity index (χ0) is 24.2. The first-order chi connectivity index (χ1) is 16.4. The van der Waals surface area contributed by atoms with Crippen molar-refractivity contribution in [1.82, 2.24) is 4.90 Å². The molecule has 0 bridgehead atoms. The van der Waals surface area contributed by atoms with E-state index in [0.717, 1.165) is 22.2 Å². The second-order valence-corrected chi connectivity index (χ2v) is 8.88. The lowest BCUT2D eigenvalue weighted by Crippen LogP contribution is -2.37. The molecule has 3 aromatic rings. The summed E-state index contributed by atoms with van der Waals surface area (Å²) in [5.41, 5.74) is 1.64. The Labute approximate surface area is 205 Å². The molecule has 34 heavy (non-hydrogen) atoms. The van der Waals surface area contributed by atoms with Crippen molar-refractivity contribution in [3.8, 4) is 11.3 Å². The topological polar surface area (TPSA) is 97.0 Å². The highest BCUT2D eigenvalue weighted by molar-refractivity contribution is 8.26. The van der Waals surface area contributed by atoms with Gasteiger partial charge in [0.2, 0.25) is 0 Å². The summed E-state index contributed by atoms with van der Waals surface area (Å²) in [6.45, 7) is 2.04. The van der Waals surface area contributed by atoms with Gasteiger partial charge in [-0.1, -0.05) is 66.4 Å². The molecule has 1 N–H and O–H groups in total. The van der Waals surface area contributed by atoms with Crippen LogP contribution >= 0.6 is 24.0 Å². The largest absolute Gasteiger partial charge is 0.479 e. The number of thiocarbonyl (C=S) groups is 1. The van der Waals surface area contributed by atoms with Crippen LogP contribution in [0.15, 0.2) is 76.1 Å². The summed E-state index contributed by atoms with van der Waals surface area (Å²) in [6.07, 6.45) is 1.54. The minimum absolute atomic E-state index is 0.161. The summed E-state index contributed by atoms with van der Waals surface area (Å²) in [5, 5.41) is 9.78. The number of hydrogen-bond donors (Lipinski definition) is 1. The molecule has 0 radical (unpaired) electrons. The van der Waals surface area contributed by atoms with Gasteiger partial charge in [0.15, 0.2) is 6.04 Å². The second kappa shape index (κ2) is 10.1. The van der Waals surface area contributed by atoms with Gasteiger partial charge in [-0.3, -0.25) is 9.69 Å². The normalized spacial score (nSPS) is 15.6. The molecule has 0 saturated carbocycles. The molecule has 0 aliphatic carbocycles. The van der Waals surface area contributed by atoms with Crippen molar-refractivity contribution in [2.24, 2.45) is 0 Å². The molecular weight excluding hydrogens is 474 g/mol. The van der Waals surface area contributed by atoms with E-state index in [-0.39, 0.29) is 9.23 Å². The van der Waals surface area contributed by atoms with E-state index in [1.54, 1.807) is 79.7 Å². The van der Waals surface area contributed by atoms with Crippen LogP contribution in [0.1, 0.15) is 34.6 Å². The van der Waals surface area contributed by atoms with E-state index in [4.69, 9.17) is 21.4 Å². The smallest absolute Gasteiger partial charge is 0.338 e. The number of carbonyl (C=O) groups excluding carboxylic acids is 2. The van der Waals surface area contributed by atoms with Crippen LogP contribution in [0.5, 0.6) is 0 Å². The minimum Gasteiger partial charge on any atom is -0.479 e. The number of nitrogens with zero attached hydrogens (tertiary/aromatic N) is 1. The predicted molar refractivity (Wildman–Crippen MR) is 132 cm³/mol. The molecule has 1 aliphatic rings. The number of carboxylic acids is 1. The third kappa shape index (κ3) is 4.80. The molecule has 1 atom stereocenters. The van der Waals surface area contributed by atoms with Gasteiger partial charge >= 0.3 is 11.9 Å². The lowest BCUT2D eigenvalue weighted by Gasteiger charge is -2.23. The third-order valence-electron chi connectivity index (χ3n) is 5.01. The molecule has 172 valence electrons. The van der Waals surface area contributed by atoms with E-state index in [0.29, 0.717) is 29.3 Å². The summed E-state index contributed by atoms with van der Waals surface area (Å²) in [6, 6.07) is 17.5. The van der Waals surface area contributed by atoms with Crippen LogP contribution in [0.4, 0.5) is 0 Å². The van der Waals surface area contributed by atoms with Gasteiger partial charge in [0, 0.05) is 11.6 Å². The number of ether oxygens (including phenoxy) is 1. The van der Waals surface area contributed by atoms with E-state index in [1.807, 2.05) is 0 Å². The maximum Gasteiger partial charge on any atom is 0.338 e. The molecule has 1 fully saturated rings. The fourth-order valence-electron chi connectivity index (χ4n) is 3.44. The van der Waals surface area contributed by atoms with Gasteiger partial charge in [-0.05, 0) is 36.8 Å². The molecule has 4 rings (SSSR count). The van der Waals surface area contributed by atoms with Gasteiger partial charge in [0.1, 0.15) is 15.8 Å². The van der Waals surface area contributed by atoms with E-state index in [9.17, 15) is 19.5 Å². The van der Waals surface area contributed by atoms with Crippen molar-refractivity contribution in [3.63, 3.8) is 0 Å². The quantitative estimate of drug-likeness (QED) is 0.274. The van der Waals surface area contributed by atoms with E-state index < -0.39 is 23.9 Å². The monoisotopic (exact) mass is 493 g/mol. The second-order valence-electron chi connectivity index (χ2n) is 7.20. The van der Waals surface area contributed by atoms with Crippen molar-refractivity contribution in [3.05, 3.63) is 88.5 Å². The average Bonchev–Trinajstić information content (AvgIpc) is 3.40. The Hall–Kier alpha value is -3.69. The number of thioether (sulfide) groups is 1. The molecular formula is C25H19NO6S2. The van der Waals surface area contributed by atoms with Crippen molar-refractivity contribution in [2.75, 3.05) is 6.61 Å². The summed E-state index contributed by atoms with van der Waals surface area (Å²) in [4.78, 5) is 38.2. The van der Waals surface area contributed by atoms with Crippen LogP contribution in [-0.2, 0) is 14.3 Å². The summed E-state index contributed by atoms with van der Waals surface area (Å²) < 4.78 is 11.0. The van der Waals surface area contributed by atoms with Crippen LogP contribution in [0.25, 0.3) is 17.4 Å². The van der Waals surface area contributed by atoms with E-state index in [2.05, 4.69) is 0 Å². The molecule has 2 heterocycles. The number of carbonyl (C=O) groups is 3. The minimum atomic E-state index is -1.22. The highest BCUT2D eigenvalue weighted by Gasteiger charge is 2.41. The van der Waals surface area contributed by atoms with Gasteiger partial charge in [-0.15, -0.1) is 0 Å².